The number of amides is 1. The highest BCUT2D eigenvalue weighted by atomic mass is 19.3. The fourth-order valence-electron chi connectivity index (χ4n) is 4.32. The van der Waals surface area contributed by atoms with E-state index in [4.69, 9.17) is 4.74 Å². The standard InChI is InChI=1S/C21H27F2N5O3/c1-28-12-24-11-17(28)19-25-10-16(13-6-8-30-9-7-13)18(27-19)20(29)26-14-2-4-15(5-3-14)31-21(22)23/h10-15,21H,2-9H2,1H3,(H,26,29). The Kier molecular flexibility index (Phi) is 6.86. The number of ether oxygens (including phenoxy) is 2. The molecule has 2 aromatic heterocycles. The van der Waals surface area contributed by atoms with Crippen LogP contribution in [0.4, 0.5) is 8.78 Å². The van der Waals surface area contributed by atoms with Gasteiger partial charge in [0.2, 0.25) is 0 Å². The molecule has 4 rings (SSSR count). The lowest BCUT2D eigenvalue weighted by atomic mass is 9.90. The van der Waals surface area contributed by atoms with E-state index in [1.54, 1.807) is 23.3 Å². The van der Waals surface area contributed by atoms with Crippen LogP contribution < -0.4 is 5.32 Å². The number of nitrogens with zero attached hydrogens (tertiary/aromatic N) is 4. The van der Waals surface area contributed by atoms with Crippen molar-refractivity contribution in [2.45, 2.75) is 63.2 Å². The van der Waals surface area contributed by atoms with Crippen LogP contribution in [0.5, 0.6) is 0 Å². The molecule has 1 aliphatic carbocycles. The van der Waals surface area contributed by atoms with Gasteiger partial charge in [-0.1, -0.05) is 0 Å². The highest BCUT2D eigenvalue weighted by Gasteiger charge is 2.29. The van der Waals surface area contributed by atoms with Crippen LogP contribution in [0.25, 0.3) is 11.5 Å². The van der Waals surface area contributed by atoms with Gasteiger partial charge in [0.15, 0.2) is 5.82 Å². The molecule has 1 saturated heterocycles. The van der Waals surface area contributed by atoms with Crippen LogP contribution in [0.3, 0.4) is 0 Å². The third kappa shape index (κ3) is 5.24. The molecule has 2 fully saturated rings. The molecule has 3 heterocycles. The van der Waals surface area contributed by atoms with E-state index in [2.05, 4.69) is 25.0 Å². The zero-order valence-corrected chi connectivity index (χ0v) is 17.5. The summed E-state index contributed by atoms with van der Waals surface area (Å²) >= 11 is 0. The van der Waals surface area contributed by atoms with E-state index in [-0.39, 0.29) is 17.9 Å². The van der Waals surface area contributed by atoms with Crippen molar-refractivity contribution in [3.63, 3.8) is 0 Å². The van der Waals surface area contributed by atoms with Gasteiger partial charge in [0.25, 0.3) is 5.91 Å². The minimum atomic E-state index is -2.76. The number of aryl methyl sites for hydroxylation is 1. The Balaban J connectivity index is 1.53. The van der Waals surface area contributed by atoms with E-state index in [1.807, 2.05) is 7.05 Å². The van der Waals surface area contributed by atoms with Gasteiger partial charge < -0.3 is 19.4 Å². The molecule has 8 nitrogen and oxygen atoms in total. The Morgan fingerprint density at radius 2 is 1.94 bits per heavy atom. The number of carbonyl (C=O) groups excluding carboxylic acids is 1. The van der Waals surface area contributed by atoms with Gasteiger partial charge in [0.05, 0.1) is 18.6 Å². The fourth-order valence-corrected chi connectivity index (χ4v) is 4.32. The molecule has 0 spiro atoms. The topological polar surface area (TPSA) is 91.2 Å². The van der Waals surface area contributed by atoms with E-state index in [9.17, 15) is 13.6 Å². The van der Waals surface area contributed by atoms with Crippen LogP contribution >= 0.6 is 0 Å². The molecule has 1 N–H and O–H groups in total. The second-order valence-electron chi connectivity index (χ2n) is 8.12. The second-order valence-corrected chi connectivity index (χ2v) is 8.12. The van der Waals surface area contributed by atoms with Gasteiger partial charge in [-0.25, -0.2) is 15.0 Å². The molecule has 1 saturated carbocycles. The third-order valence-corrected chi connectivity index (χ3v) is 6.04. The van der Waals surface area contributed by atoms with E-state index in [0.29, 0.717) is 50.4 Å². The summed E-state index contributed by atoms with van der Waals surface area (Å²) in [5.41, 5.74) is 1.91. The Morgan fingerprint density at radius 1 is 1.19 bits per heavy atom. The van der Waals surface area contributed by atoms with Crippen molar-refractivity contribution < 1.29 is 23.0 Å². The van der Waals surface area contributed by atoms with Gasteiger partial charge in [0.1, 0.15) is 11.4 Å². The first-order valence-corrected chi connectivity index (χ1v) is 10.7. The second kappa shape index (κ2) is 9.78. The predicted octanol–water partition coefficient (Wildman–Crippen LogP) is 3.05. The summed E-state index contributed by atoms with van der Waals surface area (Å²) in [4.78, 5) is 26.5. The molecule has 2 aliphatic rings. The molecule has 0 bridgehead atoms. The van der Waals surface area contributed by atoms with Gasteiger partial charge in [0, 0.05) is 38.1 Å². The number of hydrogen-bond acceptors (Lipinski definition) is 6. The number of rotatable bonds is 6. The SMILES string of the molecule is Cn1cncc1-c1ncc(C2CCOCC2)c(C(=O)NC2CCC(OC(F)F)CC2)n1. The zero-order chi connectivity index (χ0) is 21.8. The first-order valence-electron chi connectivity index (χ1n) is 10.7. The number of nitrogens with one attached hydrogen (secondary N) is 1. The molecule has 0 radical (unpaired) electrons. The molecular weight excluding hydrogens is 408 g/mol. The Labute approximate surface area is 179 Å². The number of hydrogen-bond donors (Lipinski definition) is 1. The van der Waals surface area contributed by atoms with Gasteiger partial charge in [-0.3, -0.25) is 4.79 Å². The smallest absolute Gasteiger partial charge is 0.345 e. The zero-order valence-electron chi connectivity index (χ0n) is 17.5. The molecule has 0 unspecified atom stereocenters. The quantitative estimate of drug-likeness (QED) is 0.750. The van der Waals surface area contributed by atoms with Crippen LogP contribution in [0, 0.1) is 0 Å². The average Bonchev–Trinajstić information content (AvgIpc) is 3.21. The van der Waals surface area contributed by atoms with Crippen molar-refractivity contribution in [2.24, 2.45) is 7.05 Å². The summed E-state index contributed by atoms with van der Waals surface area (Å²) in [7, 11) is 1.84. The lowest BCUT2D eigenvalue weighted by Crippen LogP contribution is -2.40. The molecule has 168 valence electrons. The molecule has 1 aliphatic heterocycles. The Hall–Kier alpha value is -2.46. The molecule has 2 aromatic rings. The highest BCUT2D eigenvalue weighted by molar-refractivity contribution is 5.94. The van der Waals surface area contributed by atoms with Crippen molar-refractivity contribution in [3.05, 3.63) is 30.0 Å². The normalized spacial score (nSPS) is 22.6. The van der Waals surface area contributed by atoms with Crippen molar-refractivity contribution in [2.75, 3.05) is 13.2 Å². The van der Waals surface area contributed by atoms with Crippen LogP contribution in [0.1, 0.15) is 60.5 Å². The number of carbonyl (C=O) groups is 1. The lowest BCUT2D eigenvalue weighted by molar-refractivity contribution is -0.170. The number of alkyl halides is 2. The van der Waals surface area contributed by atoms with E-state index < -0.39 is 12.7 Å². The Bertz CT molecular complexity index is 893. The van der Waals surface area contributed by atoms with Crippen molar-refractivity contribution in [3.8, 4) is 11.5 Å². The number of aromatic nitrogens is 4. The van der Waals surface area contributed by atoms with Crippen LogP contribution in [0.15, 0.2) is 18.7 Å². The van der Waals surface area contributed by atoms with E-state index >= 15 is 0 Å². The van der Waals surface area contributed by atoms with Gasteiger partial charge in [-0.2, -0.15) is 8.78 Å². The minimum Gasteiger partial charge on any atom is -0.381 e. The molecule has 1 amide bonds. The molecular formula is C21H27F2N5O3. The van der Waals surface area contributed by atoms with Crippen molar-refractivity contribution >= 4 is 5.91 Å². The minimum absolute atomic E-state index is 0.0947. The van der Waals surface area contributed by atoms with E-state index in [0.717, 1.165) is 24.1 Å². The van der Waals surface area contributed by atoms with Crippen molar-refractivity contribution in [1.29, 1.82) is 0 Å². The maximum Gasteiger partial charge on any atom is 0.345 e. The first-order chi connectivity index (χ1) is 15.0. The van der Waals surface area contributed by atoms with Crippen molar-refractivity contribution in [1.82, 2.24) is 24.8 Å². The van der Waals surface area contributed by atoms with Crippen LogP contribution in [0.2, 0.25) is 0 Å². The maximum absolute atomic E-state index is 13.2. The Morgan fingerprint density at radius 3 is 2.58 bits per heavy atom. The lowest BCUT2D eigenvalue weighted by Gasteiger charge is -2.29. The van der Waals surface area contributed by atoms with Gasteiger partial charge >= 0.3 is 6.61 Å². The molecule has 0 aromatic carbocycles. The van der Waals surface area contributed by atoms with E-state index in [1.165, 1.54) is 0 Å². The maximum atomic E-state index is 13.2. The third-order valence-electron chi connectivity index (χ3n) is 6.04. The summed E-state index contributed by atoms with van der Waals surface area (Å²) in [6, 6.07) is -0.0947. The predicted molar refractivity (Wildman–Crippen MR) is 108 cm³/mol. The highest BCUT2D eigenvalue weighted by Crippen LogP contribution is 2.30. The molecule has 0 atom stereocenters. The fraction of sp³-hybridized carbons (Fsp3) is 0.619. The summed E-state index contributed by atoms with van der Waals surface area (Å²) in [6.07, 6.45) is 8.40. The van der Waals surface area contributed by atoms with Gasteiger partial charge in [-0.15, -0.1) is 0 Å². The van der Waals surface area contributed by atoms with Crippen LogP contribution in [-0.2, 0) is 16.5 Å². The number of halogens is 2. The van der Waals surface area contributed by atoms with Gasteiger partial charge in [-0.05, 0) is 44.4 Å². The number of imidazole rings is 1. The summed E-state index contributed by atoms with van der Waals surface area (Å²) in [5.74, 6) is 0.339. The molecule has 31 heavy (non-hydrogen) atoms. The average molecular weight is 435 g/mol. The largest absolute Gasteiger partial charge is 0.381 e. The molecule has 10 heteroatoms. The summed E-state index contributed by atoms with van der Waals surface area (Å²) in [6.45, 7) is -1.48. The van der Waals surface area contributed by atoms with Crippen LogP contribution in [-0.4, -0.2) is 57.4 Å². The summed E-state index contributed by atoms with van der Waals surface area (Å²) in [5, 5.41) is 3.05. The monoisotopic (exact) mass is 435 g/mol. The summed E-state index contributed by atoms with van der Waals surface area (Å²) < 4.78 is 36.7. The first kappa shape index (κ1) is 21.8.